The molecule has 0 bridgehead atoms. The van der Waals surface area contributed by atoms with Crippen LogP contribution in [0.4, 0.5) is 17.3 Å². The van der Waals surface area contributed by atoms with E-state index in [1.807, 2.05) is 39.1 Å². The van der Waals surface area contributed by atoms with Crippen molar-refractivity contribution in [3.05, 3.63) is 39.1 Å². The van der Waals surface area contributed by atoms with Crippen molar-refractivity contribution in [1.82, 2.24) is 9.97 Å². The summed E-state index contributed by atoms with van der Waals surface area (Å²) in [6.45, 7) is 3.81. The second-order valence-electron chi connectivity index (χ2n) is 4.09. The molecule has 0 radical (unpaired) electrons. The lowest BCUT2D eigenvalue weighted by molar-refractivity contribution is 1.04. The summed E-state index contributed by atoms with van der Waals surface area (Å²) in [7, 11) is 1.84. The van der Waals surface area contributed by atoms with Gasteiger partial charge in [-0.25, -0.2) is 9.97 Å². The molecule has 19 heavy (non-hydrogen) atoms. The molecule has 0 amide bonds. The second-order valence-corrected chi connectivity index (χ2v) is 5.42. The highest BCUT2D eigenvalue weighted by Gasteiger charge is 2.10. The molecule has 2 N–H and O–H groups in total. The minimum absolute atomic E-state index is 0.635. The molecule has 0 saturated carbocycles. The lowest BCUT2D eigenvalue weighted by Crippen LogP contribution is -2.05. The predicted octanol–water partition coefficient (Wildman–Crippen LogP) is 4.29. The second kappa shape index (κ2) is 5.75. The van der Waals surface area contributed by atoms with E-state index in [0.29, 0.717) is 10.8 Å². The maximum absolute atomic E-state index is 6.19. The van der Waals surface area contributed by atoms with Gasteiger partial charge in [0.05, 0.1) is 10.7 Å². The third-order valence-corrected chi connectivity index (χ3v) is 3.48. The van der Waals surface area contributed by atoms with E-state index in [1.165, 1.54) is 0 Å². The highest BCUT2D eigenvalue weighted by Crippen LogP contribution is 2.30. The molecule has 2 aromatic rings. The van der Waals surface area contributed by atoms with E-state index < -0.39 is 0 Å². The fraction of sp³-hybridized carbons (Fsp3) is 0.231. The standard InChI is InChI=1S/C13H14BrClN4/c1-7-12(16-3)17-8(2)18-13(7)19-11-5-4-9(14)6-10(11)15/h4-6H,1-3H3,(H2,16,17,18,19). The molecule has 0 saturated heterocycles. The van der Waals surface area contributed by atoms with Crippen LogP contribution in [0.25, 0.3) is 0 Å². The van der Waals surface area contributed by atoms with Crippen molar-refractivity contribution in [2.45, 2.75) is 13.8 Å². The number of hydrogen-bond acceptors (Lipinski definition) is 4. The largest absolute Gasteiger partial charge is 0.373 e. The maximum atomic E-state index is 6.19. The molecular weight excluding hydrogens is 328 g/mol. The van der Waals surface area contributed by atoms with Crippen molar-refractivity contribution in [2.75, 3.05) is 17.7 Å². The summed E-state index contributed by atoms with van der Waals surface area (Å²) in [4.78, 5) is 8.73. The smallest absolute Gasteiger partial charge is 0.139 e. The molecule has 4 nitrogen and oxygen atoms in total. The summed E-state index contributed by atoms with van der Waals surface area (Å²) in [6, 6.07) is 5.67. The SMILES string of the molecule is CNc1nc(C)nc(Nc2ccc(Br)cc2Cl)c1C. The lowest BCUT2D eigenvalue weighted by Gasteiger charge is -2.13. The van der Waals surface area contributed by atoms with E-state index in [4.69, 9.17) is 11.6 Å². The van der Waals surface area contributed by atoms with Gasteiger partial charge >= 0.3 is 0 Å². The number of nitrogens with one attached hydrogen (secondary N) is 2. The van der Waals surface area contributed by atoms with Crippen molar-refractivity contribution in [2.24, 2.45) is 0 Å². The number of benzene rings is 1. The molecule has 0 atom stereocenters. The first-order chi connectivity index (χ1) is 9.01. The Hall–Kier alpha value is -1.33. The van der Waals surface area contributed by atoms with Gasteiger partial charge in [0, 0.05) is 17.1 Å². The van der Waals surface area contributed by atoms with Gasteiger partial charge in [-0.3, -0.25) is 0 Å². The Morgan fingerprint density at radius 1 is 1.16 bits per heavy atom. The maximum Gasteiger partial charge on any atom is 0.139 e. The van der Waals surface area contributed by atoms with E-state index in [1.54, 1.807) is 0 Å². The molecule has 0 aliphatic carbocycles. The third kappa shape index (κ3) is 3.16. The first-order valence-corrected chi connectivity index (χ1v) is 6.93. The molecule has 0 spiro atoms. The predicted molar refractivity (Wildman–Crippen MR) is 83.5 cm³/mol. The summed E-state index contributed by atoms with van der Waals surface area (Å²) < 4.78 is 0.939. The molecule has 1 heterocycles. The van der Waals surface area contributed by atoms with E-state index in [2.05, 4.69) is 36.5 Å². The zero-order valence-corrected chi connectivity index (χ0v) is 13.2. The number of rotatable bonds is 3. The van der Waals surface area contributed by atoms with Crippen LogP contribution in [0.2, 0.25) is 5.02 Å². The Morgan fingerprint density at radius 3 is 2.47 bits per heavy atom. The fourth-order valence-corrected chi connectivity index (χ4v) is 2.43. The molecule has 0 fully saturated rings. The number of halogens is 2. The van der Waals surface area contributed by atoms with Crippen LogP contribution in [0.5, 0.6) is 0 Å². The zero-order valence-electron chi connectivity index (χ0n) is 10.9. The zero-order chi connectivity index (χ0) is 14.0. The number of hydrogen-bond donors (Lipinski definition) is 2. The van der Waals surface area contributed by atoms with E-state index in [0.717, 1.165) is 27.4 Å². The van der Waals surface area contributed by atoms with E-state index in [9.17, 15) is 0 Å². The van der Waals surface area contributed by atoms with Crippen LogP contribution in [0, 0.1) is 13.8 Å². The summed E-state index contributed by atoms with van der Waals surface area (Å²) in [6.07, 6.45) is 0. The van der Waals surface area contributed by atoms with E-state index in [-0.39, 0.29) is 0 Å². The fourth-order valence-electron chi connectivity index (χ4n) is 1.71. The molecule has 1 aromatic carbocycles. The van der Waals surface area contributed by atoms with Crippen LogP contribution in [-0.4, -0.2) is 17.0 Å². The van der Waals surface area contributed by atoms with Crippen LogP contribution in [-0.2, 0) is 0 Å². The van der Waals surface area contributed by atoms with Gasteiger partial charge in [0.15, 0.2) is 0 Å². The summed E-state index contributed by atoms with van der Waals surface area (Å²) in [5.74, 6) is 2.26. The molecule has 0 aliphatic rings. The Morgan fingerprint density at radius 2 is 1.84 bits per heavy atom. The van der Waals surface area contributed by atoms with Gasteiger partial charge < -0.3 is 10.6 Å². The average Bonchev–Trinajstić information content (AvgIpc) is 2.36. The van der Waals surface area contributed by atoms with Gasteiger partial charge in [-0.1, -0.05) is 27.5 Å². The minimum atomic E-state index is 0.635. The lowest BCUT2D eigenvalue weighted by atomic mass is 10.2. The van der Waals surface area contributed by atoms with Gasteiger partial charge in [0.25, 0.3) is 0 Å². The van der Waals surface area contributed by atoms with Gasteiger partial charge in [-0.2, -0.15) is 0 Å². The molecule has 1 aromatic heterocycles. The average molecular weight is 342 g/mol. The molecule has 0 unspecified atom stereocenters. The van der Waals surface area contributed by atoms with Crippen molar-refractivity contribution < 1.29 is 0 Å². The monoisotopic (exact) mass is 340 g/mol. The first kappa shape index (κ1) is 14.1. The normalized spacial score (nSPS) is 10.4. The molecule has 2 rings (SSSR count). The van der Waals surface area contributed by atoms with Gasteiger partial charge in [-0.15, -0.1) is 0 Å². The topological polar surface area (TPSA) is 49.8 Å². The number of nitrogens with zero attached hydrogens (tertiary/aromatic N) is 2. The number of aromatic nitrogens is 2. The molecular formula is C13H14BrClN4. The molecule has 100 valence electrons. The van der Waals surface area contributed by atoms with Gasteiger partial charge in [-0.05, 0) is 32.0 Å². The Bertz CT molecular complexity index is 616. The van der Waals surface area contributed by atoms with Crippen molar-refractivity contribution >= 4 is 44.9 Å². The van der Waals surface area contributed by atoms with Gasteiger partial charge in [0.1, 0.15) is 17.5 Å². The third-order valence-electron chi connectivity index (χ3n) is 2.68. The first-order valence-electron chi connectivity index (χ1n) is 5.76. The Balaban J connectivity index is 2.40. The Kier molecular flexibility index (Phi) is 4.27. The van der Waals surface area contributed by atoms with Crippen LogP contribution < -0.4 is 10.6 Å². The molecule has 0 aliphatic heterocycles. The van der Waals surface area contributed by atoms with Crippen LogP contribution in [0.3, 0.4) is 0 Å². The summed E-state index contributed by atoms with van der Waals surface area (Å²) >= 11 is 9.58. The Labute approximate surface area is 125 Å². The van der Waals surface area contributed by atoms with Crippen molar-refractivity contribution in [1.29, 1.82) is 0 Å². The quantitative estimate of drug-likeness (QED) is 0.874. The van der Waals surface area contributed by atoms with Crippen molar-refractivity contribution in [3.63, 3.8) is 0 Å². The number of aryl methyl sites for hydroxylation is 1. The van der Waals surface area contributed by atoms with Gasteiger partial charge in [0.2, 0.25) is 0 Å². The van der Waals surface area contributed by atoms with Crippen LogP contribution in [0.15, 0.2) is 22.7 Å². The van der Waals surface area contributed by atoms with E-state index >= 15 is 0 Å². The highest BCUT2D eigenvalue weighted by molar-refractivity contribution is 9.10. The molecule has 6 heteroatoms. The minimum Gasteiger partial charge on any atom is -0.373 e. The van der Waals surface area contributed by atoms with Crippen LogP contribution >= 0.6 is 27.5 Å². The summed E-state index contributed by atoms with van der Waals surface area (Å²) in [5, 5.41) is 6.93. The van der Waals surface area contributed by atoms with Crippen LogP contribution in [0.1, 0.15) is 11.4 Å². The van der Waals surface area contributed by atoms with Crippen molar-refractivity contribution in [3.8, 4) is 0 Å². The highest BCUT2D eigenvalue weighted by atomic mass is 79.9. The summed E-state index contributed by atoms with van der Waals surface area (Å²) in [5.41, 5.74) is 1.76. The number of anilines is 3.